The third-order valence-electron chi connectivity index (χ3n) is 2.92. The number of nitrogens with one attached hydrogen (secondary N) is 2. The lowest BCUT2D eigenvalue weighted by molar-refractivity contribution is 0.462. The summed E-state index contributed by atoms with van der Waals surface area (Å²) in [6.07, 6.45) is 1.18. The molecule has 1 saturated heterocycles. The van der Waals surface area contributed by atoms with Crippen LogP contribution in [0.15, 0.2) is 24.3 Å². The maximum Gasteiger partial charge on any atom is 0.115 e. The molecule has 82 valence electrons. The molecule has 0 saturated carbocycles. The van der Waals surface area contributed by atoms with Crippen molar-refractivity contribution < 1.29 is 5.11 Å². The van der Waals surface area contributed by atoms with E-state index in [1.165, 1.54) is 6.42 Å². The number of benzene rings is 1. The van der Waals surface area contributed by atoms with E-state index in [0.29, 0.717) is 17.8 Å². The minimum atomic E-state index is 0.294. The minimum Gasteiger partial charge on any atom is -0.508 e. The Hall–Kier alpha value is -1.06. The summed E-state index contributed by atoms with van der Waals surface area (Å²) in [4.78, 5) is 0. The topological polar surface area (TPSA) is 44.3 Å². The zero-order chi connectivity index (χ0) is 10.7. The van der Waals surface area contributed by atoms with E-state index in [9.17, 15) is 5.11 Å². The molecule has 3 nitrogen and oxygen atoms in total. The first-order chi connectivity index (χ1) is 7.25. The van der Waals surface area contributed by atoms with Gasteiger partial charge in [-0.3, -0.25) is 0 Å². The number of hydrogen-bond acceptors (Lipinski definition) is 3. The number of phenolic OH excluding ortho intramolecular Hbond substituents is 1. The lowest BCUT2D eigenvalue weighted by Crippen LogP contribution is -2.33. The molecule has 1 heterocycles. The zero-order valence-corrected chi connectivity index (χ0v) is 9.03. The molecule has 2 unspecified atom stereocenters. The molecule has 1 aliphatic heterocycles. The van der Waals surface area contributed by atoms with Crippen molar-refractivity contribution in [3.05, 3.63) is 29.8 Å². The maximum absolute atomic E-state index is 9.38. The van der Waals surface area contributed by atoms with E-state index < -0.39 is 0 Å². The van der Waals surface area contributed by atoms with Gasteiger partial charge in [0.1, 0.15) is 5.75 Å². The normalized spacial score (nSPS) is 22.9. The molecular weight excluding hydrogens is 188 g/mol. The third kappa shape index (κ3) is 2.70. The summed E-state index contributed by atoms with van der Waals surface area (Å²) in [5.74, 6) is 0.339. The standard InChI is InChI=1S/C12H18N2O/c1-9(14-11-5-6-13-8-11)10-3-2-4-12(15)7-10/h2-4,7,9,11,13-15H,5-6,8H2,1H3. The lowest BCUT2D eigenvalue weighted by Gasteiger charge is -2.19. The second-order valence-electron chi connectivity index (χ2n) is 4.17. The molecule has 0 spiro atoms. The van der Waals surface area contributed by atoms with Gasteiger partial charge in [-0.05, 0) is 37.6 Å². The van der Waals surface area contributed by atoms with Crippen LogP contribution >= 0.6 is 0 Å². The highest BCUT2D eigenvalue weighted by molar-refractivity contribution is 5.29. The minimum absolute atomic E-state index is 0.294. The fourth-order valence-electron chi connectivity index (χ4n) is 2.04. The second kappa shape index (κ2) is 4.64. The van der Waals surface area contributed by atoms with Crippen LogP contribution in [0.25, 0.3) is 0 Å². The maximum atomic E-state index is 9.38. The van der Waals surface area contributed by atoms with E-state index in [1.54, 1.807) is 6.07 Å². The van der Waals surface area contributed by atoms with E-state index in [-0.39, 0.29) is 0 Å². The Morgan fingerprint density at radius 2 is 2.40 bits per heavy atom. The molecule has 1 fully saturated rings. The van der Waals surface area contributed by atoms with E-state index in [4.69, 9.17) is 0 Å². The van der Waals surface area contributed by atoms with Crippen molar-refractivity contribution in [2.75, 3.05) is 13.1 Å². The van der Waals surface area contributed by atoms with Crippen molar-refractivity contribution in [1.82, 2.24) is 10.6 Å². The Bertz CT molecular complexity index is 321. The predicted molar refractivity (Wildman–Crippen MR) is 60.9 cm³/mol. The Kier molecular flexibility index (Phi) is 3.23. The SMILES string of the molecule is CC(NC1CCNC1)c1cccc(O)c1. The van der Waals surface area contributed by atoms with Crippen LogP contribution in [-0.2, 0) is 0 Å². The smallest absolute Gasteiger partial charge is 0.115 e. The highest BCUT2D eigenvalue weighted by Crippen LogP contribution is 2.18. The van der Waals surface area contributed by atoms with Crippen molar-refractivity contribution in [3.8, 4) is 5.75 Å². The van der Waals surface area contributed by atoms with Crippen LogP contribution in [0.3, 0.4) is 0 Å². The molecular formula is C12H18N2O. The van der Waals surface area contributed by atoms with E-state index in [0.717, 1.165) is 18.7 Å². The summed E-state index contributed by atoms with van der Waals surface area (Å²) in [5.41, 5.74) is 1.14. The van der Waals surface area contributed by atoms with Crippen molar-refractivity contribution in [2.45, 2.75) is 25.4 Å². The molecule has 0 aliphatic carbocycles. The molecule has 0 amide bonds. The summed E-state index contributed by atoms with van der Waals surface area (Å²) in [6, 6.07) is 8.30. The van der Waals surface area contributed by atoms with E-state index in [1.807, 2.05) is 18.2 Å². The molecule has 3 heteroatoms. The van der Waals surface area contributed by atoms with Crippen LogP contribution in [0.1, 0.15) is 24.9 Å². The summed E-state index contributed by atoms with van der Waals surface area (Å²) >= 11 is 0. The van der Waals surface area contributed by atoms with Crippen molar-refractivity contribution in [3.63, 3.8) is 0 Å². The van der Waals surface area contributed by atoms with Gasteiger partial charge in [0, 0.05) is 18.6 Å². The Morgan fingerprint density at radius 1 is 1.53 bits per heavy atom. The van der Waals surface area contributed by atoms with Gasteiger partial charge in [0.2, 0.25) is 0 Å². The molecule has 1 aromatic carbocycles. The van der Waals surface area contributed by atoms with Gasteiger partial charge in [0.05, 0.1) is 0 Å². The predicted octanol–water partition coefficient (Wildman–Crippen LogP) is 1.40. The molecule has 2 atom stereocenters. The first-order valence-corrected chi connectivity index (χ1v) is 5.51. The summed E-state index contributed by atoms with van der Waals surface area (Å²) in [5, 5.41) is 16.3. The van der Waals surface area contributed by atoms with Gasteiger partial charge in [-0.1, -0.05) is 12.1 Å². The van der Waals surface area contributed by atoms with Crippen LogP contribution in [0.4, 0.5) is 0 Å². The van der Waals surface area contributed by atoms with Crippen LogP contribution in [-0.4, -0.2) is 24.2 Å². The number of phenols is 1. The monoisotopic (exact) mass is 206 g/mol. The van der Waals surface area contributed by atoms with E-state index >= 15 is 0 Å². The summed E-state index contributed by atoms with van der Waals surface area (Å²) in [7, 11) is 0. The van der Waals surface area contributed by atoms with Crippen LogP contribution < -0.4 is 10.6 Å². The van der Waals surface area contributed by atoms with Gasteiger partial charge in [-0.2, -0.15) is 0 Å². The Labute approximate surface area is 90.5 Å². The second-order valence-corrected chi connectivity index (χ2v) is 4.17. The van der Waals surface area contributed by atoms with Gasteiger partial charge in [0.25, 0.3) is 0 Å². The van der Waals surface area contributed by atoms with Gasteiger partial charge in [-0.15, -0.1) is 0 Å². The molecule has 0 aromatic heterocycles. The summed E-state index contributed by atoms with van der Waals surface area (Å²) < 4.78 is 0. The fourth-order valence-corrected chi connectivity index (χ4v) is 2.04. The van der Waals surface area contributed by atoms with Gasteiger partial charge >= 0.3 is 0 Å². The lowest BCUT2D eigenvalue weighted by atomic mass is 10.1. The molecule has 1 aliphatic rings. The molecule has 15 heavy (non-hydrogen) atoms. The van der Waals surface area contributed by atoms with Crippen LogP contribution in [0, 0.1) is 0 Å². The molecule has 3 N–H and O–H groups in total. The highest BCUT2D eigenvalue weighted by Gasteiger charge is 2.17. The van der Waals surface area contributed by atoms with Crippen LogP contribution in [0.5, 0.6) is 5.75 Å². The van der Waals surface area contributed by atoms with E-state index in [2.05, 4.69) is 17.6 Å². The molecule has 1 aromatic rings. The largest absolute Gasteiger partial charge is 0.508 e. The van der Waals surface area contributed by atoms with Gasteiger partial charge in [-0.25, -0.2) is 0 Å². The first kappa shape index (κ1) is 10.5. The van der Waals surface area contributed by atoms with Gasteiger partial charge in [0.15, 0.2) is 0 Å². The fraction of sp³-hybridized carbons (Fsp3) is 0.500. The van der Waals surface area contributed by atoms with Crippen molar-refractivity contribution in [1.29, 1.82) is 0 Å². The zero-order valence-electron chi connectivity index (χ0n) is 9.03. The number of hydrogen-bond donors (Lipinski definition) is 3. The average molecular weight is 206 g/mol. The molecule has 0 radical (unpaired) electrons. The highest BCUT2D eigenvalue weighted by atomic mass is 16.3. The molecule has 0 bridgehead atoms. The quantitative estimate of drug-likeness (QED) is 0.700. The number of aromatic hydroxyl groups is 1. The first-order valence-electron chi connectivity index (χ1n) is 5.51. The van der Waals surface area contributed by atoms with Crippen LogP contribution in [0.2, 0.25) is 0 Å². The molecule has 2 rings (SSSR count). The number of rotatable bonds is 3. The van der Waals surface area contributed by atoms with Gasteiger partial charge < -0.3 is 15.7 Å². The third-order valence-corrected chi connectivity index (χ3v) is 2.92. The Morgan fingerprint density at radius 3 is 3.07 bits per heavy atom. The van der Waals surface area contributed by atoms with Crippen molar-refractivity contribution in [2.24, 2.45) is 0 Å². The average Bonchev–Trinajstić information content (AvgIpc) is 2.70. The Balaban J connectivity index is 1.97. The van der Waals surface area contributed by atoms with Crippen molar-refractivity contribution >= 4 is 0 Å². The summed E-state index contributed by atoms with van der Waals surface area (Å²) in [6.45, 7) is 4.28.